The third-order valence-corrected chi connectivity index (χ3v) is 8.22. The highest BCUT2D eigenvalue weighted by molar-refractivity contribution is 7.89. The van der Waals surface area contributed by atoms with Gasteiger partial charge in [-0.25, -0.2) is 13.4 Å². The molecule has 1 aliphatic rings. The highest BCUT2D eigenvalue weighted by Crippen LogP contribution is 2.36. The summed E-state index contributed by atoms with van der Waals surface area (Å²) in [5.74, 6) is 0.344. The lowest BCUT2D eigenvalue weighted by atomic mass is 9.89. The zero-order chi connectivity index (χ0) is 20.0. The van der Waals surface area contributed by atoms with Gasteiger partial charge < -0.3 is 9.55 Å². The molecule has 0 unspecified atom stereocenters. The maximum atomic E-state index is 12.8. The van der Waals surface area contributed by atoms with Crippen molar-refractivity contribution in [1.29, 1.82) is 0 Å². The number of H-pyrrole nitrogens is 1. The number of hydrogen-bond donors (Lipinski definition) is 1. The van der Waals surface area contributed by atoms with Crippen LogP contribution in [0.4, 0.5) is 0 Å². The van der Waals surface area contributed by atoms with Gasteiger partial charge in [0, 0.05) is 43.4 Å². The number of nitrogens with zero attached hydrogens (tertiary/aromatic N) is 3. The van der Waals surface area contributed by atoms with Gasteiger partial charge in [-0.2, -0.15) is 15.6 Å². The van der Waals surface area contributed by atoms with Gasteiger partial charge in [0.2, 0.25) is 0 Å². The number of aryl methyl sites for hydroxylation is 1. The Morgan fingerprint density at radius 2 is 2.00 bits per heavy atom. The normalized spacial score (nSPS) is 16.6. The molecule has 0 saturated carbocycles. The van der Waals surface area contributed by atoms with Crippen molar-refractivity contribution < 1.29 is 8.42 Å². The number of piperidine rings is 1. The molecule has 1 saturated heterocycles. The SMILES string of the molecule is Cn1cnc(S(=O)(=O)N2CCC(c3c[nH]c4ccc(-c5ccsc5)cc34)CC2)c1. The van der Waals surface area contributed by atoms with E-state index in [1.165, 1.54) is 28.4 Å². The van der Waals surface area contributed by atoms with E-state index >= 15 is 0 Å². The first kappa shape index (κ1) is 18.6. The summed E-state index contributed by atoms with van der Waals surface area (Å²) in [6, 6.07) is 8.67. The van der Waals surface area contributed by atoms with Gasteiger partial charge in [0.05, 0.1) is 6.33 Å². The summed E-state index contributed by atoms with van der Waals surface area (Å²) in [4.78, 5) is 7.42. The van der Waals surface area contributed by atoms with Crippen molar-refractivity contribution >= 4 is 32.3 Å². The minimum Gasteiger partial charge on any atom is -0.361 e. The van der Waals surface area contributed by atoms with Crippen molar-refractivity contribution in [2.45, 2.75) is 23.8 Å². The molecule has 150 valence electrons. The molecular formula is C21H22N4O2S2. The van der Waals surface area contributed by atoms with E-state index in [9.17, 15) is 8.42 Å². The van der Waals surface area contributed by atoms with Crippen molar-refractivity contribution in [2.24, 2.45) is 7.05 Å². The smallest absolute Gasteiger partial charge is 0.262 e. The number of rotatable bonds is 4. The Bertz CT molecular complexity index is 1250. The van der Waals surface area contributed by atoms with Crippen molar-refractivity contribution in [1.82, 2.24) is 18.8 Å². The van der Waals surface area contributed by atoms with Crippen LogP contribution in [0.2, 0.25) is 0 Å². The lowest BCUT2D eigenvalue weighted by molar-refractivity contribution is 0.319. The molecule has 0 radical (unpaired) electrons. The van der Waals surface area contributed by atoms with Crippen molar-refractivity contribution in [3.05, 3.63) is 59.3 Å². The molecule has 5 rings (SSSR count). The second-order valence-corrected chi connectivity index (χ2v) is 10.2. The van der Waals surface area contributed by atoms with Crippen molar-refractivity contribution in [3.63, 3.8) is 0 Å². The Morgan fingerprint density at radius 1 is 1.17 bits per heavy atom. The zero-order valence-electron chi connectivity index (χ0n) is 16.1. The molecule has 3 aromatic heterocycles. The van der Waals surface area contributed by atoms with E-state index < -0.39 is 10.0 Å². The van der Waals surface area contributed by atoms with E-state index in [1.54, 1.807) is 33.5 Å². The zero-order valence-corrected chi connectivity index (χ0v) is 17.7. The number of hydrogen-bond acceptors (Lipinski definition) is 4. The molecule has 4 heterocycles. The minimum atomic E-state index is -3.52. The lowest BCUT2D eigenvalue weighted by Crippen LogP contribution is -2.38. The Hall–Kier alpha value is -2.42. The Balaban J connectivity index is 1.38. The molecule has 0 amide bonds. The fourth-order valence-electron chi connectivity index (χ4n) is 4.15. The van der Waals surface area contributed by atoms with Gasteiger partial charge in [-0.1, -0.05) is 6.07 Å². The minimum absolute atomic E-state index is 0.131. The first-order valence-electron chi connectivity index (χ1n) is 9.64. The topological polar surface area (TPSA) is 71.0 Å². The predicted molar refractivity (Wildman–Crippen MR) is 116 cm³/mol. The van der Waals surface area contributed by atoms with Gasteiger partial charge in [-0.15, -0.1) is 0 Å². The maximum absolute atomic E-state index is 12.8. The van der Waals surface area contributed by atoms with Gasteiger partial charge in [0.25, 0.3) is 10.0 Å². The average Bonchev–Trinajstić information content (AvgIpc) is 3.48. The molecule has 6 nitrogen and oxygen atoms in total. The quantitative estimate of drug-likeness (QED) is 0.532. The second-order valence-electron chi connectivity index (χ2n) is 7.57. The van der Waals surface area contributed by atoms with Crippen LogP contribution >= 0.6 is 11.3 Å². The molecule has 0 spiro atoms. The van der Waals surface area contributed by atoms with E-state index in [1.807, 2.05) is 0 Å². The summed E-state index contributed by atoms with van der Waals surface area (Å²) in [6.07, 6.45) is 6.79. The number of imidazole rings is 1. The van der Waals surface area contributed by atoms with Crippen LogP contribution in [0.3, 0.4) is 0 Å². The molecule has 0 bridgehead atoms. The van der Waals surface area contributed by atoms with Crippen LogP contribution in [-0.2, 0) is 17.1 Å². The summed E-state index contributed by atoms with van der Waals surface area (Å²) >= 11 is 1.70. The predicted octanol–water partition coefficient (Wildman–Crippen LogP) is 4.20. The standard InChI is InChI=1S/C21H22N4O2S2/c1-24-12-21(23-14-24)29(26,27)25-7-4-15(5-8-25)19-11-22-20-3-2-16(10-18(19)20)17-6-9-28-13-17/h2-3,6,9-15,22H,4-5,7-8H2,1H3. The summed E-state index contributed by atoms with van der Waals surface area (Å²) in [5, 5.41) is 5.62. The van der Waals surface area contributed by atoms with E-state index in [0.29, 0.717) is 19.0 Å². The maximum Gasteiger partial charge on any atom is 0.262 e. The van der Waals surface area contributed by atoms with Crippen molar-refractivity contribution in [2.75, 3.05) is 13.1 Å². The van der Waals surface area contributed by atoms with Crippen LogP contribution in [0, 0.1) is 0 Å². The van der Waals surface area contributed by atoms with E-state index in [4.69, 9.17) is 0 Å². The van der Waals surface area contributed by atoms with Crippen LogP contribution in [0.1, 0.15) is 24.3 Å². The summed E-state index contributed by atoms with van der Waals surface area (Å²) in [5.41, 5.74) is 4.87. The Morgan fingerprint density at radius 3 is 2.69 bits per heavy atom. The third kappa shape index (κ3) is 3.31. The summed E-state index contributed by atoms with van der Waals surface area (Å²) in [7, 11) is -1.74. The Kier molecular flexibility index (Phi) is 4.57. The monoisotopic (exact) mass is 426 g/mol. The van der Waals surface area contributed by atoms with Gasteiger partial charge in [0.15, 0.2) is 5.03 Å². The molecule has 8 heteroatoms. The van der Waals surface area contributed by atoms with Crippen LogP contribution in [0.25, 0.3) is 22.0 Å². The summed E-state index contributed by atoms with van der Waals surface area (Å²) < 4.78 is 28.9. The fourth-order valence-corrected chi connectivity index (χ4v) is 6.25. The van der Waals surface area contributed by atoms with Crippen LogP contribution in [0.5, 0.6) is 0 Å². The first-order chi connectivity index (χ1) is 14.0. The van der Waals surface area contributed by atoms with Gasteiger partial charge in [-0.05, 0) is 64.4 Å². The second kappa shape index (κ2) is 7.12. The number of sulfonamides is 1. The molecule has 4 aromatic rings. The summed E-state index contributed by atoms with van der Waals surface area (Å²) in [6.45, 7) is 1.03. The van der Waals surface area contributed by atoms with Crippen LogP contribution in [-0.4, -0.2) is 40.3 Å². The van der Waals surface area contributed by atoms with Crippen molar-refractivity contribution in [3.8, 4) is 11.1 Å². The fraction of sp³-hybridized carbons (Fsp3) is 0.286. The molecule has 0 atom stereocenters. The molecule has 0 aliphatic carbocycles. The van der Waals surface area contributed by atoms with Crippen LogP contribution < -0.4 is 0 Å². The Labute approximate surface area is 173 Å². The van der Waals surface area contributed by atoms with Gasteiger partial charge in [-0.3, -0.25) is 0 Å². The van der Waals surface area contributed by atoms with E-state index in [2.05, 4.69) is 51.2 Å². The van der Waals surface area contributed by atoms with E-state index in [0.717, 1.165) is 18.4 Å². The molecule has 1 aromatic carbocycles. The van der Waals surface area contributed by atoms with E-state index in [-0.39, 0.29) is 5.03 Å². The highest BCUT2D eigenvalue weighted by Gasteiger charge is 2.32. The van der Waals surface area contributed by atoms with Gasteiger partial charge in [0.1, 0.15) is 0 Å². The molecule has 1 aliphatic heterocycles. The first-order valence-corrected chi connectivity index (χ1v) is 12.0. The number of aromatic nitrogens is 3. The average molecular weight is 427 g/mol. The molecule has 1 fully saturated rings. The number of benzene rings is 1. The number of aromatic amines is 1. The van der Waals surface area contributed by atoms with Gasteiger partial charge >= 0.3 is 0 Å². The number of fused-ring (bicyclic) bond motifs is 1. The number of thiophene rings is 1. The lowest BCUT2D eigenvalue weighted by Gasteiger charge is -2.30. The number of nitrogens with one attached hydrogen (secondary N) is 1. The largest absolute Gasteiger partial charge is 0.361 e. The van der Waals surface area contributed by atoms with Crippen LogP contribution in [0.15, 0.2) is 58.8 Å². The molecular weight excluding hydrogens is 404 g/mol. The highest BCUT2D eigenvalue weighted by atomic mass is 32.2. The molecule has 1 N–H and O–H groups in total. The molecule has 29 heavy (non-hydrogen) atoms. The third-order valence-electron chi connectivity index (χ3n) is 5.75.